The summed E-state index contributed by atoms with van der Waals surface area (Å²) in [7, 11) is 0. The zero-order chi connectivity index (χ0) is 12.3. The highest BCUT2D eigenvalue weighted by Crippen LogP contribution is 2.29. The van der Waals surface area contributed by atoms with Crippen molar-refractivity contribution < 1.29 is 5.11 Å². The molecule has 5 nitrogen and oxygen atoms in total. The first-order valence-electron chi connectivity index (χ1n) is 6.51. The lowest BCUT2D eigenvalue weighted by atomic mass is 10.2. The van der Waals surface area contributed by atoms with Crippen LogP contribution in [0.2, 0.25) is 0 Å². The van der Waals surface area contributed by atoms with E-state index in [1.807, 2.05) is 17.3 Å². The third-order valence-corrected chi connectivity index (χ3v) is 3.24. The molecule has 2 aliphatic rings. The van der Waals surface area contributed by atoms with Gasteiger partial charge in [0.1, 0.15) is 6.17 Å². The lowest BCUT2D eigenvalue weighted by molar-refractivity contribution is -0.0988. The van der Waals surface area contributed by atoms with E-state index in [2.05, 4.69) is 23.8 Å². The van der Waals surface area contributed by atoms with Crippen LogP contribution in [-0.2, 0) is 0 Å². The average Bonchev–Trinajstić information content (AvgIpc) is 2.62. The molecule has 0 spiro atoms. The molecule has 2 unspecified atom stereocenters. The first kappa shape index (κ1) is 12.4. The predicted molar refractivity (Wildman–Crippen MR) is 67.6 cm³/mol. The van der Waals surface area contributed by atoms with Gasteiger partial charge < -0.3 is 5.11 Å². The van der Waals surface area contributed by atoms with E-state index in [9.17, 15) is 5.11 Å². The molecule has 0 aromatic carbocycles. The van der Waals surface area contributed by atoms with E-state index in [1.165, 1.54) is 12.8 Å². The van der Waals surface area contributed by atoms with Gasteiger partial charge in [0.15, 0.2) is 0 Å². The monoisotopic (exact) mass is 238 g/mol. The molecule has 96 valence electrons. The van der Waals surface area contributed by atoms with Gasteiger partial charge in [0.05, 0.1) is 6.21 Å². The highest BCUT2D eigenvalue weighted by molar-refractivity contribution is 5.71. The van der Waals surface area contributed by atoms with Gasteiger partial charge in [0, 0.05) is 12.7 Å². The van der Waals surface area contributed by atoms with E-state index in [0.717, 1.165) is 19.4 Å². The maximum Gasteiger partial charge on any atom is 0.224 e. The number of allylic oxidation sites excluding steroid dienone is 1. The Morgan fingerprint density at radius 2 is 2.12 bits per heavy atom. The first-order valence-corrected chi connectivity index (χ1v) is 6.51. The number of aliphatic hydroxyl groups excluding tert-OH is 1. The Kier molecular flexibility index (Phi) is 4.02. The molecule has 0 bridgehead atoms. The van der Waals surface area contributed by atoms with Gasteiger partial charge in [0.2, 0.25) is 6.35 Å². The van der Waals surface area contributed by atoms with E-state index < -0.39 is 6.35 Å². The highest BCUT2D eigenvalue weighted by atomic mass is 16.3. The lowest BCUT2D eigenvalue weighted by Crippen LogP contribution is -2.39. The number of hydrogen-bond acceptors (Lipinski definition) is 5. The van der Waals surface area contributed by atoms with Gasteiger partial charge in [-0.3, -0.25) is 5.01 Å². The van der Waals surface area contributed by atoms with E-state index in [-0.39, 0.29) is 6.17 Å². The number of aliphatic hydroxyl groups is 1. The quantitative estimate of drug-likeness (QED) is 0.789. The Morgan fingerprint density at radius 1 is 1.29 bits per heavy atom. The summed E-state index contributed by atoms with van der Waals surface area (Å²) in [6.07, 6.45) is 9.66. The van der Waals surface area contributed by atoms with Crippen LogP contribution in [0.3, 0.4) is 0 Å². The number of rotatable bonds is 5. The Hall–Kier alpha value is -1.07. The van der Waals surface area contributed by atoms with Crippen LogP contribution in [0.15, 0.2) is 17.4 Å². The summed E-state index contributed by atoms with van der Waals surface area (Å²) in [5.41, 5.74) is 0. The van der Waals surface area contributed by atoms with Crippen LogP contribution in [0, 0.1) is 0 Å². The Balaban J connectivity index is 2.12. The molecule has 1 saturated heterocycles. The molecule has 0 saturated carbocycles. The van der Waals surface area contributed by atoms with Crippen LogP contribution in [0.5, 0.6) is 0 Å². The molecule has 0 amide bonds. The summed E-state index contributed by atoms with van der Waals surface area (Å²) >= 11 is 0. The van der Waals surface area contributed by atoms with Gasteiger partial charge in [-0.2, -0.15) is 10.2 Å². The van der Waals surface area contributed by atoms with Gasteiger partial charge in [0.25, 0.3) is 0 Å². The van der Waals surface area contributed by atoms with E-state index >= 15 is 0 Å². The van der Waals surface area contributed by atoms with Crippen molar-refractivity contribution in [2.45, 2.75) is 52.0 Å². The van der Waals surface area contributed by atoms with Gasteiger partial charge in [-0.05, 0) is 18.9 Å². The van der Waals surface area contributed by atoms with Gasteiger partial charge in [-0.25, -0.2) is 4.90 Å². The molecular formula is C12H22N4O. The molecule has 1 fully saturated rings. The molecular weight excluding hydrogens is 216 g/mol. The maximum atomic E-state index is 10.2. The molecule has 17 heavy (non-hydrogen) atoms. The van der Waals surface area contributed by atoms with Gasteiger partial charge in [-0.1, -0.05) is 26.7 Å². The summed E-state index contributed by atoms with van der Waals surface area (Å²) in [4.78, 5) is 2.11. The van der Waals surface area contributed by atoms with Crippen molar-refractivity contribution in [3.8, 4) is 0 Å². The van der Waals surface area contributed by atoms with Crippen molar-refractivity contribution in [2.24, 2.45) is 5.10 Å². The van der Waals surface area contributed by atoms with Crippen molar-refractivity contribution >= 4 is 6.21 Å². The summed E-state index contributed by atoms with van der Waals surface area (Å²) in [6, 6.07) is 0. The maximum absolute atomic E-state index is 10.2. The van der Waals surface area contributed by atoms with Crippen molar-refractivity contribution in [2.75, 3.05) is 6.54 Å². The lowest BCUT2D eigenvalue weighted by Gasteiger charge is -2.29. The molecule has 0 aromatic rings. The predicted octanol–water partition coefficient (Wildman–Crippen LogP) is 1.54. The highest BCUT2D eigenvalue weighted by Gasteiger charge is 2.42. The molecule has 0 aliphatic carbocycles. The fraction of sp³-hybridized carbons (Fsp3) is 0.750. The second-order valence-corrected chi connectivity index (χ2v) is 4.51. The number of hydrazone groups is 1. The fourth-order valence-corrected chi connectivity index (χ4v) is 2.42. The van der Waals surface area contributed by atoms with Crippen molar-refractivity contribution in [1.29, 1.82) is 0 Å². The second kappa shape index (κ2) is 5.51. The van der Waals surface area contributed by atoms with Crippen LogP contribution >= 0.6 is 0 Å². The second-order valence-electron chi connectivity index (χ2n) is 4.51. The molecule has 0 radical (unpaired) electrons. The van der Waals surface area contributed by atoms with Crippen LogP contribution in [0.1, 0.15) is 39.5 Å². The summed E-state index contributed by atoms with van der Waals surface area (Å²) in [5.74, 6) is 0. The largest absolute Gasteiger partial charge is 0.358 e. The van der Waals surface area contributed by atoms with Crippen LogP contribution in [0.4, 0.5) is 0 Å². The first-order chi connectivity index (χ1) is 8.29. The number of hydrogen-bond donors (Lipinski definition) is 1. The van der Waals surface area contributed by atoms with Crippen molar-refractivity contribution in [3.05, 3.63) is 12.3 Å². The summed E-state index contributed by atoms with van der Waals surface area (Å²) < 4.78 is 0. The Morgan fingerprint density at radius 3 is 2.82 bits per heavy atom. The van der Waals surface area contributed by atoms with E-state index in [4.69, 9.17) is 0 Å². The topological polar surface area (TPSA) is 42.3 Å². The number of fused-ring (bicyclic) bond motifs is 1. The Bertz CT molecular complexity index is 305. The zero-order valence-corrected chi connectivity index (χ0v) is 10.7. The molecule has 5 heteroatoms. The number of hydrazine groups is 1. The third-order valence-electron chi connectivity index (χ3n) is 3.24. The van der Waals surface area contributed by atoms with Crippen LogP contribution < -0.4 is 0 Å². The molecule has 2 atom stereocenters. The van der Waals surface area contributed by atoms with E-state index in [1.54, 1.807) is 11.3 Å². The smallest absolute Gasteiger partial charge is 0.224 e. The molecule has 1 N–H and O–H groups in total. The van der Waals surface area contributed by atoms with Crippen molar-refractivity contribution in [3.63, 3.8) is 0 Å². The SMILES string of the molecule is CCCCC1N(CCC)C(O)N2N=CC=CN12. The van der Waals surface area contributed by atoms with E-state index in [0.29, 0.717) is 0 Å². The summed E-state index contributed by atoms with van der Waals surface area (Å²) in [6.45, 7) is 5.22. The fourth-order valence-electron chi connectivity index (χ4n) is 2.42. The zero-order valence-electron chi connectivity index (χ0n) is 10.7. The minimum atomic E-state index is -0.627. The number of unbranched alkanes of at least 4 members (excludes halogenated alkanes) is 1. The molecule has 2 heterocycles. The summed E-state index contributed by atoms with van der Waals surface area (Å²) in [5, 5.41) is 18.2. The van der Waals surface area contributed by atoms with Crippen molar-refractivity contribution in [1.82, 2.24) is 15.0 Å². The van der Waals surface area contributed by atoms with Crippen LogP contribution in [0.25, 0.3) is 0 Å². The standard InChI is InChI=1S/C12H22N4O/c1-3-5-7-11-14(9-4-2)12(17)16-13-8-6-10-15(11)16/h6,8,10-12,17H,3-5,7,9H2,1-2H3. The third kappa shape index (κ3) is 2.30. The average molecular weight is 238 g/mol. The minimum absolute atomic E-state index is 0.235. The molecule has 0 aromatic heterocycles. The number of nitrogens with zero attached hydrogens (tertiary/aromatic N) is 4. The molecule has 2 rings (SSSR count). The Labute approximate surface area is 103 Å². The normalized spacial score (nSPS) is 27.9. The van der Waals surface area contributed by atoms with Gasteiger partial charge in [-0.15, -0.1) is 0 Å². The molecule has 2 aliphatic heterocycles. The minimum Gasteiger partial charge on any atom is -0.358 e. The van der Waals surface area contributed by atoms with Gasteiger partial charge >= 0.3 is 0 Å². The van der Waals surface area contributed by atoms with Crippen LogP contribution in [-0.4, -0.2) is 45.4 Å².